The molecule has 0 aromatic heterocycles. The van der Waals surface area contributed by atoms with Crippen LogP contribution in [-0.4, -0.2) is 27.4 Å². The molecule has 0 spiro atoms. The fraction of sp³-hybridized carbons (Fsp3) is 0.350. The van der Waals surface area contributed by atoms with Crippen molar-refractivity contribution in [2.75, 3.05) is 18.0 Å². The van der Waals surface area contributed by atoms with Crippen LogP contribution in [0.4, 0.5) is 5.69 Å². The number of nitrogens with zero attached hydrogens (tertiary/aromatic N) is 1. The Morgan fingerprint density at radius 3 is 2.38 bits per heavy atom. The zero-order valence-electron chi connectivity index (χ0n) is 14.9. The second kappa shape index (κ2) is 8.01. The highest BCUT2D eigenvalue weighted by Gasteiger charge is 2.22. The monoisotopic (exact) mass is 372 g/mol. The molecule has 1 N–H and O–H groups in total. The zero-order valence-corrected chi connectivity index (χ0v) is 15.7. The van der Waals surface area contributed by atoms with Gasteiger partial charge in [0.15, 0.2) is 0 Å². The number of hydrogen-bond donors (Lipinski definition) is 1. The number of sulfonamides is 1. The molecule has 26 heavy (non-hydrogen) atoms. The Morgan fingerprint density at radius 1 is 1.08 bits per heavy atom. The van der Waals surface area contributed by atoms with Crippen LogP contribution in [0.3, 0.4) is 0 Å². The lowest BCUT2D eigenvalue weighted by Gasteiger charge is -2.16. The predicted octanol–water partition coefficient (Wildman–Crippen LogP) is 2.97. The van der Waals surface area contributed by atoms with Crippen molar-refractivity contribution in [2.24, 2.45) is 5.92 Å². The Hall–Kier alpha value is -2.18. The second-order valence-electron chi connectivity index (χ2n) is 6.79. The van der Waals surface area contributed by atoms with E-state index in [1.54, 1.807) is 29.2 Å². The van der Waals surface area contributed by atoms with Gasteiger partial charge in [0.25, 0.3) is 0 Å². The summed E-state index contributed by atoms with van der Waals surface area (Å²) in [6.07, 6.45) is 2.22. The number of amides is 1. The van der Waals surface area contributed by atoms with E-state index in [1.165, 1.54) is 5.56 Å². The molecule has 2 aromatic rings. The minimum Gasteiger partial charge on any atom is -0.312 e. The van der Waals surface area contributed by atoms with Crippen molar-refractivity contribution in [2.45, 2.75) is 31.1 Å². The molecule has 1 aliphatic rings. The summed E-state index contributed by atoms with van der Waals surface area (Å²) in [6.45, 7) is 3.10. The first-order valence-electron chi connectivity index (χ1n) is 8.90. The number of carbonyl (C=O) groups is 1. The molecule has 0 radical (unpaired) electrons. The van der Waals surface area contributed by atoms with Crippen molar-refractivity contribution in [1.82, 2.24) is 4.72 Å². The van der Waals surface area contributed by atoms with Crippen LogP contribution in [0.25, 0.3) is 0 Å². The highest BCUT2D eigenvalue weighted by atomic mass is 32.2. The van der Waals surface area contributed by atoms with E-state index < -0.39 is 10.0 Å². The lowest BCUT2D eigenvalue weighted by Crippen LogP contribution is -2.29. The summed E-state index contributed by atoms with van der Waals surface area (Å²) >= 11 is 0. The van der Waals surface area contributed by atoms with E-state index in [-0.39, 0.29) is 16.7 Å². The van der Waals surface area contributed by atoms with Crippen molar-refractivity contribution >= 4 is 21.6 Å². The fourth-order valence-corrected chi connectivity index (χ4v) is 4.32. The first-order valence-corrected chi connectivity index (χ1v) is 10.4. The molecule has 0 saturated carbocycles. The van der Waals surface area contributed by atoms with Crippen LogP contribution >= 0.6 is 0 Å². The number of benzene rings is 2. The molecule has 6 heteroatoms. The van der Waals surface area contributed by atoms with E-state index in [4.69, 9.17) is 0 Å². The third-order valence-corrected chi connectivity index (χ3v) is 6.02. The highest BCUT2D eigenvalue weighted by Crippen LogP contribution is 2.23. The normalized spacial score (nSPS) is 16.0. The molecule has 3 rings (SSSR count). The van der Waals surface area contributed by atoms with Crippen LogP contribution in [-0.2, 0) is 21.2 Å². The van der Waals surface area contributed by atoms with E-state index >= 15 is 0 Å². The number of hydrogen-bond acceptors (Lipinski definition) is 3. The van der Waals surface area contributed by atoms with Gasteiger partial charge >= 0.3 is 0 Å². The molecule has 1 unspecified atom stereocenters. The van der Waals surface area contributed by atoms with Gasteiger partial charge in [-0.05, 0) is 48.6 Å². The van der Waals surface area contributed by atoms with Crippen LogP contribution in [0, 0.1) is 5.92 Å². The number of carbonyl (C=O) groups excluding carboxylic acids is 1. The Balaban J connectivity index is 1.60. The lowest BCUT2D eigenvalue weighted by molar-refractivity contribution is -0.117. The fourth-order valence-electron chi connectivity index (χ4n) is 3.15. The van der Waals surface area contributed by atoms with Gasteiger partial charge in [0.1, 0.15) is 0 Å². The molecule has 138 valence electrons. The van der Waals surface area contributed by atoms with Gasteiger partial charge in [-0.15, -0.1) is 0 Å². The predicted molar refractivity (Wildman–Crippen MR) is 103 cm³/mol. The Bertz CT molecular complexity index is 848. The maximum atomic E-state index is 12.5. The van der Waals surface area contributed by atoms with Crippen LogP contribution in [0.15, 0.2) is 59.5 Å². The average molecular weight is 372 g/mol. The molecule has 1 amide bonds. The summed E-state index contributed by atoms with van der Waals surface area (Å²) in [5, 5.41) is 0. The van der Waals surface area contributed by atoms with Gasteiger partial charge in [-0.2, -0.15) is 0 Å². The molecule has 5 nitrogen and oxygen atoms in total. The minimum atomic E-state index is -3.55. The van der Waals surface area contributed by atoms with Gasteiger partial charge in [0.2, 0.25) is 15.9 Å². The molecule has 1 aliphatic heterocycles. The maximum absolute atomic E-state index is 12.5. The summed E-state index contributed by atoms with van der Waals surface area (Å²) < 4.78 is 27.7. The first-order chi connectivity index (χ1) is 12.5. The van der Waals surface area contributed by atoms with Crippen molar-refractivity contribution in [1.29, 1.82) is 0 Å². The van der Waals surface area contributed by atoms with Crippen molar-refractivity contribution in [3.63, 3.8) is 0 Å². The third kappa shape index (κ3) is 4.51. The van der Waals surface area contributed by atoms with E-state index in [2.05, 4.69) is 4.72 Å². The van der Waals surface area contributed by atoms with Crippen LogP contribution in [0.5, 0.6) is 0 Å². The lowest BCUT2D eigenvalue weighted by atomic mass is 10.0. The van der Waals surface area contributed by atoms with Crippen molar-refractivity contribution in [3.8, 4) is 0 Å². The Kier molecular flexibility index (Phi) is 5.74. The topological polar surface area (TPSA) is 66.5 Å². The SMILES string of the molecule is CC(CNS(=O)(=O)c1ccc(N2CCCC2=O)cc1)Cc1ccccc1. The summed E-state index contributed by atoms with van der Waals surface area (Å²) in [6, 6.07) is 16.5. The summed E-state index contributed by atoms with van der Waals surface area (Å²) in [5.41, 5.74) is 1.95. The zero-order chi connectivity index (χ0) is 18.6. The molecule has 1 atom stereocenters. The van der Waals surface area contributed by atoms with Crippen LogP contribution < -0.4 is 9.62 Å². The molecule has 0 aliphatic carbocycles. The standard InChI is InChI=1S/C20H24N2O3S/c1-16(14-17-6-3-2-4-7-17)15-21-26(24,25)19-11-9-18(10-12-19)22-13-5-8-20(22)23/h2-4,6-7,9-12,16,21H,5,8,13-15H2,1H3. The second-order valence-corrected chi connectivity index (χ2v) is 8.56. The molecular weight excluding hydrogens is 348 g/mol. The van der Waals surface area contributed by atoms with Crippen LogP contribution in [0.1, 0.15) is 25.3 Å². The van der Waals surface area contributed by atoms with Gasteiger partial charge in [-0.3, -0.25) is 4.79 Å². The van der Waals surface area contributed by atoms with Gasteiger partial charge in [-0.1, -0.05) is 37.3 Å². The number of anilines is 1. The van der Waals surface area contributed by atoms with Gasteiger partial charge < -0.3 is 4.90 Å². The molecule has 0 bridgehead atoms. The summed E-state index contributed by atoms with van der Waals surface area (Å²) in [7, 11) is -3.55. The van der Waals surface area contributed by atoms with Gasteiger partial charge in [0, 0.05) is 25.2 Å². The maximum Gasteiger partial charge on any atom is 0.240 e. The van der Waals surface area contributed by atoms with E-state index in [1.807, 2.05) is 37.3 Å². The molecule has 2 aromatic carbocycles. The molecular formula is C20H24N2O3S. The van der Waals surface area contributed by atoms with E-state index in [0.717, 1.165) is 18.5 Å². The van der Waals surface area contributed by atoms with E-state index in [0.29, 0.717) is 19.5 Å². The summed E-state index contributed by atoms with van der Waals surface area (Å²) in [5.74, 6) is 0.280. The number of nitrogens with one attached hydrogen (secondary N) is 1. The smallest absolute Gasteiger partial charge is 0.240 e. The van der Waals surface area contributed by atoms with E-state index in [9.17, 15) is 13.2 Å². The number of rotatable bonds is 7. The van der Waals surface area contributed by atoms with Gasteiger partial charge in [-0.25, -0.2) is 13.1 Å². The third-order valence-electron chi connectivity index (χ3n) is 4.58. The largest absolute Gasteiger partial charge is 0.312 e. The Morgan fingerprint density at radius 2 is 1.77 bits per heavy atom. The Labute approximate surface area is 155 Å². The average Bonchev–Trinajstić information content (AvgIpc) is 3.07. The molecule has 1 fully saturated rings. The van der Waals surface area contributed by atoms with Crippen LogP contribution in [0.2, 0.25) is 0 Å². The minimum absolute atomic E-state index is 0.0912. The highest BCUT2D eigenvalue weighted by molar-refractivity contribution is 7.89. The molecule has 1 saturated heterocycles. The quantitative estimate of drug-likeness (QED) is 0.812. The summed E-state index contributed by atoms with van der Waals surface area (Å²) in [4.78, 5) is 13.7. The van der Waals surface area contributed by atoms with Gasteiger partial charge in [0.05, 0.1) is 4.90 Å². The first kappa shape index (κ1) is 18.6. The van der Waals surface area contributed by atoms with Crippen molar-refractivity contribution < 1.29 is 13.2 Å². The molecule has 1 heterocycles. The van der Waals surface area contributed by atoms with Crippen molar-refractivity contribution in [3.05, 3.63) is 60.2 Å².